The van der Waals surface area contributed by atoms with Crippen LogP contribution in [0.3, 0.4) is 0 Å². The van der Waals surface area contributed by atoms with Crippen LogP contribution in [0.2, 0.25) is 0 Å². The highest BCUT2D eigenvalue weighted by atomic mass is 16.3. The van der Waals surface area contributed by atoms with Gasteiger partial charge in [0.15, 0.2) is 0 Å². The van der Waals surface area contributed by atoms with Gasteiger partial charge in [0.25, 0.3) is 0 Å². The molecule has 10 aromatic rings. The molecule has 0 amide bonds. The molecule has 10 rings (SSSR count). The van der Waals surface area contributed by atoms with Crippen molar-refractivity contribution < 1.29 is 8.83 Å². The summed E-state index contributed by atoms with van der Waals surface area (Å²) in [5.41, 5.74) is 11.3. The molecule has 0 aliphatic heterocycles. The van der Waals surface area contributed by atoms with Crippen LogP contribution in [0.25, 0.3) is 76.9 Å². The van der Waals surface area contributed by atoms with Crippen molar-refractivity contribution in [1.29, 1.82) is 0 Å². The Morgan fingerprint density at radius 2 is 0.837 bits per heavy atom. The fourth-order valence-corrected chi connectivity index (χ4v) is 7.36. The number of para-hydroxylation sites is 2. The maximum atomic E-state index is 6.50. The predicted octanol–water partition coefficient (Wildman–Crippen LogP) is 13.4. The molecule has 0 saturated carbocycles. The second kappa shape index (κ2) is 11.0. The van der Waals surface area contributed by atoms with E-state index in [4.69, 9.17) is 8.83 Å². The number of nitrogens with zero attached hydrogens (tertiary/aromatic N) is 1. The van der Waals surface area contributed by atoms with Crippen molar-refractivity contribution >= 4 is 71.7 Å². The molecule has 0 N–H and O–H groups in total. The van der Waals surface area contributed by atoms with Crippen LogP contribution in [-0.2, 0) is 0 Å². The van der Waals surface area contributed by atoms with Gasteiger partial charge in [-0.1, -0.05) is 115 Å². The van der Waals surface area contributed by atoms with E-state index in [0.717, 1.165) is 77.5 Å². The largest absolute Gasteiger partial charge is 0.456 e. The molecule has 230 valence electrons. The summed E-state index contributed by atoms with van der Waals surface area (Å²) in [6.45, 7) is 0. The minimum absolute atomic E-state index is 0.861. The lowest BCUT2D eigenvalue weighted by Crippen LogP contribution is -2.10. The molecule has 0 spiro atoms. The predicted molar refractivity (Wildman–Crippen MR) is 204 cm³/mol. The molecule has 0 unspecified atom stereocenters. The Balaban J connectivity index is 1.23. The van der Waals surface area contributed by atoms with Gasteiger partial charge in [-0.2, -0.15) is 0 Å². The lowest BCUT2D eigenvalue weighted by molar-refractivity contribution is 0.669. The molecule has 0 fully saturated rings. The molecule has 2 heterocycles. The van der Waals surface area contributed by atoms with Crippen molar-refractivity contribution in [2.24, 2.45) is 0 Å². The van der Waals surface area contributed by atoms with Gasteiger partial charge >= 0.3 is 0 Å². The third kappa shape index (κ3) is 4.51. The fraction of sp³-hybridized carbons (Fsp3) is 0. The second-order valence-electron chi connectivity index (χ2n) is 12.5. The summed E-state index contributed by atoms with van der Waals surface area (Å²) in [5.74, 6) is 0. The molecule has 0 atom stereocenters. The molecular formula is C46H29NO2. The minimum atomic E-state index is 0.861. The van der Waals surface area contributed by atoms with Crippen LogP contribution in [0.5, 0.6) is 0 Å². The van der Waals surface area contributed by atoms with Crippen molar-refractivity contribution in [1.82, 2.24) is 0 Å². The summed E-state index contributed by atoms with van der Waals surface area (Å²) in [4.78, 5) is 2.32. The lowest BCUT2D eigenvalue weighted by atomic mass is 9.94. The quantitative estimate of drug-likeness (QED) is 0.190. The Labute approximate surface area is 282 Å². The van der Waals surface area contributed by atoms with Gasteiger partial charge in [0.05, 0.1) is 0 Å². The highest BCUT2D eigenvalue weighted by Gasteiger charge is 2.20. The van der Waals surface area contributed by atoms with E-state index in [1.54, 1.807) is 0 Å². The van der Waals surface area contributed by atoms with E-state index in [9.17, 15) is 0 Å². The van der Waals surface area contributed by atoms with E-state index < -0.39 is 0 Å². The third-order valence-corrected chi connectivity index (χ3v) is 9.66. The van der Waals surface area contributed by atoms with E-state index in [2.05, 4.69) is 163 Å². The van der Waals surface area contributed by atoms with Crippen LogP contribution < -0.4 is 4.90 Å². The van der Waals surface area contributed by atoms with Crippen LogP contribution >= 0.6 is 0 Å². The molecule has 0 aliphatic carbocycles. The van der Waals surface area contributed by atoms with Gasteiger partial charge in [-0.05, 0) is 87.6 Å². The monoisotopic (exact) mass is 627 g/mol. The van der Waals surface area contributed by atoms with Crippen LogP contribution in [0.4, 0.5) is 17.1 Å². The Morgan fingerprint density at radius 3 is 1.59 bits per heavy atom. The fourth-order valence-electron chi connectivity index (χ4n) is 7.36. The summed E-state index contributed by atoms with van der Waals surface area (Å²) in [5, 5.41) is 6.80. The van der Waals surface area contributed by atoms with Crippen LogP contribution in [0.15, 0.2) is 185 Å². The van der Waals surface area contributed by atoms with Gasteiger partial charge in [-0.25, -0.2) is 0 Å². The highest BCUT2D eigenvalue weighted by molar-refractivity contribution is 6.22. The van der Waals surface area contributed by atoms with Crippen molar-refractivity contribution in [2.45, 2.75) is 0 Å². The number of anilines is 3. The summed E-state index contributed by atoms with van der Waals surface area (Å²) in [6, 6.07) is 62.0. The Morgan fingerprint density at radius 1 is 0.306 bits per heavy atom. The van der Waals surface area contributed by atoms with Crippen molar-refractivity contribution in [3.8, 4) is 22.3 Å². The SMILES string of the molecule is c1ccc(-c2ccc(N(c3ccc4c(c3)oc3ccccc34)c3ccc4c(-c5ccccc5)cc5oc6ccccc6c5c4c3)cc2)cc1. The first-order valence-corrected chi connectivity index (χ1v) is 16.6. The highest BCUT2D eigenvalue weighted by Crippen LogP contribution is 2.44. The number of hydrogen-bond acceptors (Lipinski definition) is 3. The molecule has 0 bridgehead atoms. The molecule has 3 heteroatoms. The molecule has 2 aromatic heterocycles. The first-order valence-electron chi connectivity index (χ1n) is 16.6. The maximum Gasteiger partial charge on any atom is 0.137 e. The van der Waals surface area contributed by atoms with E-state index in [0.29, 0.717) is 0 Å². The van der Waals surface area contributed by atoms with Crippen LogP contribution in [0, 0.1) is 0 Å². The zero-order valence-corrected chi connectivity index (χ0v) is 26.5. The van der Waals surface area contributed by atoms with Crippen LogP contribution in [0.1, 0.15) is 0 Å². The van der Waals surface area contributed by atoms with Gasteiger partial charge in [0, 0.05) is 44.7 Å². The summed E-state index contributed by atoms with van der Waals surface area (Å²) < 4.78 is 12.9. The van der Waals surface area contributed by atoms with Gasteiger partial charge in [-0.3, -0.25) is 0 Å². The zero-order valence-electron chi connectivity index (χ0n) is 26.5. The van der Waals surface area contributed by atoms with Gasteiger partial charge < -0.3 is 13.7 Å². The first kappa shape index (κ1) is 27.5. The number of fused-ring (bicyclic) bond motifs is 8. The molecule has 49 heavy (non-hydrogen) atoms. The van der Waals surface area contributed by atoms with Gasteiger partial charge in [0.1, 0.15) is 22.3 Å². The second-order valence-corrected chi connectivity index (χ2v) is 12.5. The molecule has 0 saturated heterocycles. The summed E-state index contributed by atoms with van der Waals surface area (Å²) in [7, 11) is 0. The minimum Gasteiger partial charge on any atom is -0.456 e. The average Bonchev–Trinajstić information content (AvgIpc) is 3.74. The normalized spacial score (nSPS) is 11.7. The topological polar surface area (TPSA) is 29.5 Å². The van der Waals surface area contributed by atoms with E-state index in [-0.39, 0.29) is 0 Å². The summed E-state index contributed by atoms with van der Waals surface area (Å²) >= 11 is 0. The van der Waals surface area contributed by atoms with Gasteiger partial charge in [0.2, 0.25) is 0 Å². The van der Waals surface area contributed by atoms with Gasteiger partial charge in [-0.15, -0.1) is 0 Å². The number of hydrogen-bond donors (Lipinski definition) is 0. The number of benzene rings is 8. The number of rotatable bonds is 5. The maximum absolute atomic E-state index is 6.50. The average molecular weight is 628 g/mol. The number of furan rings is 2. The third-order valence-electron chi connectivity index (χ3n) is 9.66. The Bertz CT molecular complexity index is 2810. The molecule has 3 nitrogen and oxygen atoms in total. The smallest absolute Gasteiger partial charge is 0.137 e. The Hall–Kier alpha value is -6.58. The molecule has 0 radical (unpaired) electrons. The van der Waals surface area contributed by atoms with E-state index in [1.807, 2.05) is 18.2 Å². The van der Waals surface area contributed by atoms with Crippen molar-refractivity contribution in [2.75, 3.05) is 4.90 Å². The van der Waals surface area contributed by atoms with E-state index in [1.165, 1.54) is 16.5 Å². The molecule has 8 aromatic carbocycles. The Kier molecular flexibility index (Phi) is 6.18. The van der Waals surface area contributed by atoms with E-state index >= 15 is 0 Å². The van der Waals surface area contributed by atoms with Crippen LogP contribution in [-0.4, -0.2) is 0 Å². The molecule has 0 aliphatic rings. The molecular weight excluding hydrogens is 599 g/mol. The summed E-state index contributed by atoms with van der Waals surface area (Å²) in [6.07, 6.45) is 0. The first-order chi connectivity index (χ1) is 24.3. The van der Waals surface area contributed by atoms with Crippen molar-refractivity contribution in [3.05, 3.63) is 176 Å². The standard InChI is InChI=1S/C46H29NO2/c1-3-11-30(12-4-1)31-19-21-33(22-20-31)47(35-24-26-38-37-15-7-9-17-42(37)48-44(38)28-35)34-23-25-36-40(32-13-5-2-6-14-32)29-45-46(41(36)27-34)39-16-8-10-18-43(39)49-45/h1-29H. The lowest BCUT2D eigenvalue weighted by Gasteiger charge is -2.26. The zero-order chi connectivity index (χ0) is 32.3. The van der Waals surface area contributed by atoms with Crippen molar-refractivity contribution in [3.63, 3.8) is 0 Å².